The third-order valence-electron chi connectivity index (χ3n) is 3.76. The summed E-state index contributed by atoms with van der Waals surface area (Å²) in [6.07, 6.45) is 5.45. The maximum Gasteiger partial charge on any atom is 0.313 e. The van der Waals surface area contributed by atoms with Gasteiger partial charge in [0.2, 0.25) is 0 Å². The second-order valence-electron chi connectivity index (χ2n) is 6.07. The third-order valence-corrected chi connectivity index (χ3v) is 4.69. The van der Waals surface area contributed by atoms with E-state index in [9.17, 15) is 4.79 Å². The van der Waals surface area contributed by atoms with Gasteiger partial charge >= 0.3 is 5.97 Å². The minimum atomic E-state index is -0.839. The fourth-order valence-corrected chi connectivity index (χ4v) is 3.62. The third kappa shape index (κ3) is 4.20. The normalized spacial score (nSPS) is 17.5. The Labute approximate surface area is 129 Å². The Balaban J connectivity index is 2.24. The molecule has 0 unspecified atom stereocenters. The molecule has 0 radical (unpaired) electrons. The minimum Gasteiger partial charge on any atom is -0.481 e. The Hall–Kier alpha value is -1.08. The van der Waals surface area contributed by atoms with E-state index in [-0.39, 0.29) is 11.8 Å². The Bertz CT molecular complexity index is 483. The van der Waals surface area contributed by atoms with Gasteiger partial charge in [-0.05, 0) is 25.2 Å². The predicted molar refractivity (Wildman–Crippen MR) is 82.3 cm³/mol. The van der Waals surface area contributed by atoms with Crippen LogP contribution in [0.2, 0.25) is 0 Å². The maximum atomic E-state index is 10.8. The maximum absolute atomic E-state index is 10.8. The summed E-state index contributed by atoms with van der Waals surface area (Å²) in [5.74, 6) is 0.464. The van der Waals surface area contributed by atoms with Gasteiger partial charge in [-0.1, -0.05) is 38.5 Å². The first kappa shape index (κ1) is 16.3. The largest absolute Gasteiger partial charge is 0.481 e. The molecule has 3 N–H and O–H groups in total. The SMILES string of the molecule is CC(C)C[C@H](N)c1nnc(SCC(=O)O)n1C1CCCC1. The van der Waals surface area contributed by atoms with Gasteiger partial charge < -0.3 is 15.4 Å². The predicted octanol–water partition coefficient (Wildman–Crippen LogP) is 2.62. The topological polar surface area (TPSA) is 94.0 Å². The fourth-order valence-electron chi connectivity index (χ4n) is 2.88. The number of carbonyl (C=O) groups is 1. The number of aromatic nitrogens is 3. The van der Waals surface area contributed by atoms with Crippen LogP contribution in [0.3, 0.4) is 0 Å². The van der Waals surface area contributed by atoms with Crippen molar-refractivity contribution in [3.05, 3.63) is 5.82 Å². The van der Waals surface area contributed by atoms with Gasteiger partial charge in [-0.25, -0.2) is 0 Å². The number of nitrogens with two attached hydrogens (primary N) is 1. The van der Waals surface area contributed by atoms with Crippen LogP contribution in [-0.4, -0.2) is 31.6 Å². The van der Waals surface area contributed by atoms with Crippen LogP contribution in [0.5, 0.6) is 0 Å². The van der Waals surface area contributed by atoms with E-state index in [1.54, 1.807) is 0 Å². The molecule has 1 aliphatic carbocycles. The van der Waals surface area contributed by atoms with Crippen LogP contribution < -0.4 is 5.73 Å². The fraction of sp³-hybridized carbons (Fsp3) is 0.786. The average Bonchev–Trinajstić information content (AvgIpc) is 3.04. The number of thioether (sulfide) groups is 1. The summed E-state index contributed by atoms with van der Waals surface area (Å²) in [4.78, 5) is 10.8. The number of hydrogen-bond donors (Lipinski definition) is 2. The summed E-state index contributed by atoms with van der Waals surface area (Å²) >= 11 is 1.23. The highest BCUT2D eigenvalue weighted by Gasteiger charge is 2.27. The first-order valence-electron chi connectivity index (χ1n) is 7.54. The molecule has 1 heterocycles. The molecule has 0 aromatic carbocycles. The number of nitrogens with zero attached hydrogens (tertiary/aromatic N) is 3. The van der Waals surface area contributed by atoms with Crippen molar-refractivity contribution < 1.29 is 9.90 Å². The van der Waals surface area contributed by atoms with Crippen LogP contribution in [0.15, 0.2) is 5.16 Å². The molecule has 0 amide bonds. The molecule has 1 aromatic heterocycles. The molecule has 21 heavy (non-hydrogen) atoms. The lowest BCUT2D eigenvalue weighted by Crippen LogP contribution is -2.21. The van der Waals surface area contributed by atoms with Crippen molar-refractivity contribution in [2.24, 2.45) is 11.7 Å². The molecule has 1 aliphatic rings. The monoisotopic (exact) mass is 312 g/mol. The molecule has 1 saturated carbocycles. The number of hydrogen-bond acceptors (Lipinski definition) is 5. The van der Waals surface area contributed by atoms with Crippen LogP contribution in [0.1, 0.15) is 63.9 Å². The van der Waals surface area contributed by atoms with E-state index in [1.165, 1.54) is 24.6 Å². The molecule has 1 fully saturated rings. The van der Waals surface area contributed by atoms with Crippen LogP contribution in [0, 0.1) is 5.92 Å². The zero-order valence-corrected chi connectivity index (χ0v) is 13.5. The van der Waals surface area contributed by atoms with Crippen molar-refractivity contribution in [3.63, 3.8) is 0 Å². The minimum absolute atomic E-state index is 0.00424. The van der Waals surface area contributed by atoms with Crippen molar-refractivity contribution in [1.29, 1.82) is 0 Å². The molecule has 1 aromatic rings. The molecule has 0 aliphatic heterocycles. The van der Waals surface area contributed by atoms with Gasteiger partial charge in [0.25, 0.3) is 0 Å². The van der Waals surface area contributed by atoms with E-state index < -0.39 is 5.97 Å². The molecular weight excluding hydrogens is 288 g/mol. The molecule has 0 saturated heterocycles. The van der Waals surface area contributed by atoms with E-state index in [0.717, 1.165) is 25.1 Å². The highest BCUT2D eigenvalue weighted by molar-refractivity contribution is 7.99. The molecule has 6 nitrogen and oxygen atoms in total. The van der Waals surface area contributed by atoms with Crippen LogP contribution >= 0.6 is 11.8 Å². The molecule has 118 valence electrons. The van der Waals surface area contributed by atoms with Crippen molar-refractivity contribution in [2.45, 2.75) is 63.2 Å². The number of rotatable bonds is 7. The number of carboxylic acids is 1. The molecule has 1 atom stereocenters. The van der Waals surface area contributed by atoms with Crippen LogP contribution in [-0.2, 0) is 4.79 Å². The smallest absolute Gasteiger partial charge is 0.313 e. The summed E-state index contributed by atoms with van der Waals surface area (Å²) in [6, 6.07) is 0.224. The molecule has 0 bridgehead atoms. The van der Waals surface area contributed by atoms with Gasteiger partial charge in [0, 0.05) is 6.04 Å². The first-order valence-corrected chi connectivity index (χ1v) is 8.52. The van der Waals surface area contributed by atoms with E-state index in [0.29, 0.717) is 17.1 Å². The zero-order valence-electron chi connectivity index (χ0n) is 12.7. The van der Waals surface area contributed by atoms with Gasteiger partial charge in [0.05, 0.1) is 11.8 Å². The van der Waals surface area contributed by atoms with Gasteiger partial charge in [0.1, 0.15) is 0 Å². The van der Waals surface area contributed by atoms with Gasteiger partial charge in [-0.2, -0.15) is 0 Å². The molecule has 0 spiro atoms. The lowest BCUT2D eigenvalue weighted by molar-refractivity contribution is -0.133. The quantitative estimate of drug-likeness (QED) is 0.752. The van der Waals surface area contributed by atoms with Crippen molar-refractivity contribution in [3.8, 4) is 0 Å². The lowest BCUT2D eigenvalue weighted by atomic mass is 10.0. The Morgan fingerprint density at radius 3 is 2.67 bits per heavy atom. The second kappa shape index (κ2) is 7.26. The van der Waals surface area contributed by atoms with Gasteiger partial charge in [-0.15, -0.1) is 10.2 Å². The zero-order chi connectivity index (χ0) is 15.4. The van der Waals surface area contributed by atoms with Crippen LogP contribution in [0.4, 0.5) is 0 Å². The van der Waals surface area contributed by atoms with Crippen LogP contribution in [0.25, 0.3) is 0 Å². The van der Waals surface area contributed by atoms with Crippen molar-refractivity contribution in [1.82, 2.24) is 14.8 Å². The van der Waals surface area contributed by atoms with Crippen molar-refractivity contribution in [2.75, 3.05) is 5.75 Å². The Kier molecular flexibility index (Phi) is 5.64. The van der Waals surface area contributed by atoms with Crippen molar-refractivity contribution >= 4 is 17.7 Å². The van der Waals surface area contributed by atoms with E-state index >= 15 is 0 Å². The summed E-state index contributed by atoms with van der Waals surface area (Å²) in [7, 11) is 0. The van der Waals surface area contributed by atoms with Gasteiger partial charge in [-0.3, -0.25) is 4.79 Å². The summed E-state index contributed by atoms with van der Waals surface area (Å²) in [6.45, 7) is 4.27. The highest BCUT2D eigenvalue weighted by Crippen LogP contribution is 2.35. The number of carboxylic acid groups (broad SMARTS) is 1. The molecule has 2 rings (SSSR count). The molecule has 7 heteroatoms. The van der Waals surface area contributed by atoms with E-state index in [2.05, 4.69) is 28.6 Å². The average molecular weight is 312 g/mol. The summed E-state index contributed by atoms with van der Waals surface area (Å²) < 4.78 is 2.10. The highest BCUT2D eigenvalue weighted by atomic mass is 32.2. The Morgan fingerprint density at radius 2 is 2.10 bits per heavy atom. The Morgan fingerprint density at radius 1 is 1.43 bits per heavy atom. The number of aliphatic carboxylic acids is 1. The standard InChI is InChI=1S/C14H24N4O2S/c1-9(2)7-11(15)13-16-17-14(21-8-12(19)20)18(13)10-5-3-4-6-10/h9-11H,3-8,15H2,1-2H3,(H,19,20)/t11-/m0/s1. The first-order chi connectivity index (χ1) is 9.99. The van der Waals surface area contributed by atoms with E-state index in [4.69, 9.17) is 10.8 Å². The molecular formula is C14H24N4O2S. The van der Waals surface area contributed by atoms with E-state index in [1.807, 2.05) is 0 Å². The summed E-state index contributed by atoms with van der Waals surface area (Å²) in [5, 5.41) is 18.0. The van der Waals surface area contributed by atoms with Gasteiger partial charge in [0.15, 0.2) is 11.0 Å². The lowest BCUT2D eigenvalue weighted by Gasteiger charge is -2.20. The second-order valence-corrected chi connectivity index (χ2v) is 7.01. The summed E-state index contributed by atoms with van der Waals surface area (Å²) in [5.41, 5.74) is 6.28.